The molecule has 17 heavy (non-hydrogen) atoms. The van der Waals surface area contributed by atoms with E-state index in [2.05, 4.69) is 34.7 Å². The number of hydrogen-bond acceptors (Lipinski definition) is 3. The van der Waals surface area contributed by atoms with Crippen molar-refractivity contribution in [3.05, 3.63) is 28.2 Å². The number of nitrogens with zero attached hydrogens (tertiary/aromatic N) is 1. The van der Waals surface area contributed by atoms with Crippen LogP contribution in [0.5, 0.6) is 0 Å². The molecule has 2 N–H and O–H groups in total. The average Bonchev–Trinajstić information content (AvgIpc) is 2.28. The van der Waals surface area contributed by atoms with E-state index in [1.54, 1.807) is 7.11 Å². The van der Waals surface area contributed by atoms with E-state index in [1.807, 2.05) is 18.2 Å². The molecule has 4 heteroatoms. The van der Waals surface area contributed by atoms with Crippen molar-refractivity contribution in [3.63, 3.8) is 0 Å². The van der Waals surface area contributed by atoms with Gasteiger partial charge in [-0.15, -0.1) is 0 Å². The molecule has 0 saturated carbocycles. The predicted octanol–water partition coefficient (Wildman–Crippen LogP) is 2.89. The lowest BCUT2D eigenvalue weighted by molar-refractivity contribution is 0.125. The van der Waals surface area contributed by atoms with Crippen molar-refractivity contribution in [1.29, 1.82) is 0 Å². The molecular formula is C13H21BrN2O. The van der Waals surface area contributed by atoms with Crippen LogP contribution in [-0.2, 0) is 11.3 Å². The van der Waals surface area contributed by atoms with E-state index in [-0.39, 0.29) is 0 Å². The van der Waals surface area contributed by atoms with Crippen LogP contribution in [0.3, 0.4) is 0 Å². The molecule has 0 heterocycles. The number of hydrogen-bond donors (Lipinski definition) is 1. The van der Waals surface area contributed by atoms with Crippen LogP contribution in [0.15, 0.2) is 22.7 Å². The molecule has 1 aromatic rings. The minimum Gasteiger partial charge on any atom is -0.399 e. The van der Waals surface area contributed by atoms with Crippen LogP contribution in [0.1, 0.15) is 19.4 Å². The Balaban J connectivity index is 2.74. The van der Waals surface area contributed by atoms with Gasteiger partial charge >= 0.3 is 0 Å². The van der Waals surface area contributed by atoms with Crippen LogP contribution in [0.2, 0.25) is 0 Å². The number of benzene rings is 1. The molecular weight excluding hydrogens is 280 g/mol. The molecule has 0 unspecified atom stereocenters. The van der Waals surface area contributed by atoms with Crippen LogP contribution in [0, 0.1) is 0 Å². The number of ether oxygens (including phenoxy) is 1. The Morgan fingerprint density at radius 2 is 2.12 bits per heavy atom. The molecule has 0 aliphatic heterocycles. The minimum atomic E-state index is 0.485. The van der Waals surface area contributed by atoms with Gasteiger partial charge in [0, 0.05) is 36.4 Å². The Labute approximate surface area is 112 Å². The monoisotopic (exact) mass is 300 g/mol. The van der Waals surface area contributed by atoms with Gasteiger partial charge in [-0.3, -0.25) is 4.90 Å². The molecule has 0 atom stereocenters. The maximum atomic E-state index is 5.82. The first-order valence-corrected chi connectivity index (χ1v) is 6.60. The Bertz CT molecular complexity index is 355. The smallest absolute Gasteiger partial charge is 0.0589 e. The molecule has 0 radical (unpaired) electrons. The van der Waals surface area contributed by atoms with E-state index in [0.29, 0.717) is 6.04 Å². The maximum absolute atomic E-state index is 5.82. The van der Waals surface area contributed by atoms with E-state index in [0.717, 1.165) is 29.9 Å². The van der Waals surface area contributed by atoms with Crippen LogP contribution in [-0.4, -0.2) is 31.2 Å². The number of methoxy groups -OCH3 is 1. The minimum absolute atomic E-state index is 0.485. The second-order valence-electron chi connectivity index (χ2n) is 4.41. The highest BCUT2D eigenvalue weighted by Crippen LogP contribution is 2.21. The highest BCUT2D eigenvalue weighted by molar-refractivity contribution is 9.10. The van der Waals surface area contributed by atoms with Gasteiger partial charge in [0.05, 0.1) is 6.61 Å². The summed E-state index contributed by atoms with van der Waals surface area (Å²) >= 11 is 3.56. The van der Waals surface area contributed by atoms with Crippen molar-refractivity contribution in [2.45, 2.75) is 26.4 Å². The third kappa shape index (κ3) is 4.66. The molecule has 0 aromatic heterocycles. The van der Waals surface area contributed by atoms with Gasteiger partial charge in [0.15, 0.2) is 0 Å². The van der Waals surface area contributed by atoms with E-state index in [4.69, 9.17) is 10.5 Å². The lowest BCUT2D eigenvalue weighted by Gasteiger charge is -2.26. The summed E-state index contributed by atoms with van der Waals surface area (Å²) in [6.45, 7) is 6.94. The first-order valence-electron chi connectivity index (χ1n) is 5.81. The summed E-state index contributed by atoms with van der Waals surface area (Å²) in [5.74, 6) is 0. The summed E-state index contributed by atoms with van der Waals surface area (Å²) in [6.07, 6.45) is 0. The fraction of sp³-hybridized carbons (Fsp3) is 0.538. The van der Waals surface area contributed by atoms with E-state index in [9.17, 15) is 0 Å². The summed E-state index contributed by atoms with van der Waals surface area (Å²) in [4.78, 5) is 2.36. The lowest BCUT2D eigenvalue weighted by atomic mass is 10.1. The molecule has 0 aliphatic carbocycles. The standard InChI is InChI=1S/C13H21BrN2O/c1-10(2)16(6-7-17-3)9-11-8-12(15)4-5-13(11)14/h4-5,8,10H,6-7,9,15H2,1-3H3. The molecule has 0 fully saturated rings. The van der Waals surface area contributed by atoms with E-state index in [1.165, 1.54) is 5.56 Å². The van der Waals surface area contributed by atoms with Crippen LogP contribution in [0.4, 0.5) is 5.69 Å². The first-order chi connectivity index (χ1) is 8.04. The van der Waals surface area contributed by atoms with Crippen molar-refractivity contribution in [1.82, 2.24) is 4.90 Å². The average molecular weight is 301 g/mol. The Hall–Kier alpha value is -0.580. The number of nitrogen functional groups attached to an aromatic ring is 1. The predicted molar refractivity (Wildman–Crippen MR) is 76.0 cm³/mol. The highest BCUT2D eigenvalue weighted by Gasteiger charge is 2.11. The van der Waals surface area contributed by atoms with Crippen molar-refractivity contribution in [3.8, 4) is 0 Å². The molecule has 0 spiro atoms. The fourth-order valence-corrected chi connectivity index (χ4v) is 2.04. The number of anilines is 1. The van der Waals surface area contributed by atoms with Crippen molar-refractivity contribution in [2.24, 2.45) is 0 Å². The second-order valence-corrected chi connectivity index (χ2v) is 5.26. The summed E-state index contributed by atoms with van der Waals surface area (Å²) in [5.41, 5.74) is 7.84. The molecule has 3 nitrogen and oxygen atoms in total. The van der Waals surface area contributed by atoms with E-state index >= 15 is 0 Å². The van der Waals surface area contributed by atoms with Gasteiger partial charge in [-0.2, -0.15) is 0 Å². The van der Waals surface area contributed by atoms with Crippen molar-refractivity contribution in [2.75, 3.05) is 26.0 Å². The topological polar surface area (TPSA) is 38.5 Å². The zero-order valence-corrected chi connectivity index (χ0v) is 12.3. The quantitative estimate of drug-likeness (QED) is 0.821. The number of nitrogens with two attached hydrogens (primary N) is 1. The first kappa shape index (κ1) is 14.5. The molecule has 0 bridgehead atoms. The van der Waals surface area contributed by atoms with E-state index < -0.39 is 0 Å². The third-order valence-electron chi connectivity index (χ3n) is 2.76. The van der Waals surface area contributed by atoms with Gasteiger partial charge in [0.1, 0.15) is 0 Å². The van der Waals surface area contributed by atoms with Gasteiger partial charge in [-0.1, -0.05) is 15.9 Å². The van der Waals surface area contributed by atoms with Crippen LogP contribution < -0.4 is 5.73 Å². The Morgan fingerprint density at radius 1 is 1.41 bits per heavy atom. The third-order valence-corrected chi connectivity index (χ3v) is 3.53. The zero-order valence-electron chi connectivity index (χ0n) is 10.7. The van der Waals surface area contributed by atoms with Gasteiger partial charge in [-0.25, -0.2) is 0 Å². The van der Waals surface area contributed by atoms with Crippen LogP contribution in [0.25, 0.3) is 0 Å². The molecule has 0 saturated heterocycles. The SMILES string of the molecule is COCCN(Cc1cc(N)ccc1Br)C(C)C. The molecule has 96 valence electrons. The largest absolute Gasteiger partial charge is 0.399 e. The van der Waals surface area contributed by atoms with Gasteiger partial charge in [0.25, 0.3) is 0 Å². The summed E-state index contributed by atoms with van der Waals surface area (Å²) in [5, 5.41) is 0. The summed E-state index contributed by atoms with van der Waals surface area (Å²) in [6, 6.07) is 6.41. The normalized spacial score (nSPS) is 11.4. The lowest BCUT2D eigenvalue weighted by Crippen LogP contribution is -2.33. The van der Waals surface area contributed by atoms with Gasteiger partial charge in [0.2, 0.25) is 0 Å². The fourth-order valence-electron chi connectivity index (χ4n) is 1.66. The van der Waals surface area contributed by atoms with Crippen molar-refractivity contribution < 1.29 is 4.74 Å². The van der Waals surface area contributed by atoms with Crippen molar-refractivity contribution >= 4 is 21.6 Å². The van der Waals surface area contributed by atoms with Crippen LogP contribution >= 0.6 is 15.9 Å². The number of rotatable bonds is 6. The second kappa shape index (κ2) is 6.99. The Kier molecular flexibility index (Phi) is 5.95. The molecule has 0 amide bonds. The zero-order chi connectivity index (χ0) is 12.8. The summed E-state index contributed by atoms with van der Waals surface area (Å²) < 4.78 is 6.24. The van der Waals surface area contributed by atoms with Gasteiger partial charge in [-0.05, 0) is 37.6 Å². The summed E-state index contributed by atoms with van der Waals surface area (Å²) in [7, 11) is 1.73. The molecule has 0 aliphatic rings. The number of halogens is 1. The Morgan fingerprint density at radius 3 is 2.71 bits per heavy atom. The highest BCUT2D eigenvalue weighted by atomic mass is 79.9. The maximum Gasteiger partial charge on any atom is 0.0589 e. The molecule has 1 rings (SSSR count). The van der Waals surface area contributed by atoms with Gasteiger partial charge < -0.3 is 10.5 Å². The molecule has 1 aromatic carbocycles.